The lowest BCUT2D eigenvalue weighted by Gasteiger charge is -2.33. The Morgan fingerprint density at radius 1 is 1.07 bits per heavy atom. The number of alkyl halides is 3. The molecule has 0 aliphatic carbocycles. The van der Waals surface area contributed by atoms with Gasteiger partial charge < -0.3 is 26.7 Å². The van der Waals surface area contributed by atoms with E-state index in [0.29, 0.717) is 35.5 Å². The average Bonchev–Trinajstić information content (AvgIpc) is 2.91. The second kappa shape index (κ2) is 12.2. The molecule has 4 rings (SSSR count). The number of rotatable bonds is 5. The molecule has 0 saturated carbocycles. The number of nitrogen functional groups attached to an aromatic ring is 1. The van der Waals surface area contributed by atoms with Crippen LogP contribution in [0, 0.1) is 24.2 Å². The lowest BCUT2D eigenvalue weighted by molar-refractivity contribution is -0.138. The third-order valence-corrected chi connectivity index (χ3v) is 6.60. The van der Waals surface area contributed by atoms with Crippen molar-refractivity contribution < 1.29 is 18.0 Å². The van der Waals surface area contributed by atoms with Gasteiger partial charge in [0.2, 0.25) is 0 Å². The summed E-state index contributed by atoms with van der Waals surface area (Å²) in [5.74, 6) is 6.23. The molecule has 0 spiro atoms. The van der Waals surface area contributed by atoms with Crippen molar-refractivity contribution in [2.45, 2.75) is 19.6 Å². The number of amides is 2. The van der Waals surface area contributed by atoms with Crippen LogP contribution in [0.4, 0.5) is 35.2 Å². The molecule has 1 saturated heterocycles. The van der Waals surface area contributed by atoms with Crippen LogP contribution in [0.5, 0.6) is 0 Å². The molecule has 0 atom stereocenters. The number of carbonyl (C=O) groups is 1. The highest BCUT2D eigenvalue weighted by Crippen LogP contribution is 2.34. The largest absolute Gasteiger partial charge is 0.416 e. The zero-order chi connectivity index (χ0) is 28.9. The summed E-state index contributed by atoms with van der Waals surface area (Å²) in [6.07, 6.45) is -1.95. The molecule has 11 heteroatoms. The van der Waals surface area contributed by atoms with Crippen molar-refractivity contribution in [3.05, 3.63) is 82.0 Å². The predicted molar refractivity (Wildman–Crippen MR) is 151 cm³/mol. The maximum atomic E-state index is 13.9. The van der Waals surface area contributed by atoms with Gasteiger partial charge in [-0.1, -0.05) is 24.0 Å². The molecule has 1 fully saturated rings. The smallest absolute Gasteiger partial charge is 0.383 e. The van der Waals surface area contributed by atoms with Crippen LogP contribution in [0.1, 0.15) is 33.4 Å². The van der Waals surface area contributed by atoms with Gasteiger partial charge in [0.05, 0.1) is 5.56 Å². The molecule has 5 N–H and O–H groups in total. The number of hydrogen-bond acceptors (Lipinski definition) is 6. The number of piperazine rings is 1. The third kappa shape index (κ3) is 7.37. The molecule has 1 aromatic heterocycles. The van der Waals surface area contributed by atoms with E-state index in [2.05, 4.69) is 32.4 Å². The normalized spacial score (nSPS) is 14.2. The summed E-state index contributed by atoms with van der Waals surface area (Å²) in [4.78, 5) is 20.8. The summed E-state index contributed by atoms with van der Waals surface area (Å²) >= 11 is 0. The fourth-order valence-electron chi connectivity index (χ4n) is 4.25. The van der Waals surface area contributed by atoms with Gasteiger partial charge in [0, 0.05) is 73.2 Å². The Bertz CT molecular complexity index is 1470. The number of nitrogens with one attached hydrogen (secondary N) is 3. The van der Waals surface area contributed by atoms with Gasteiger partial charge in [-0.15, -0.1) is 0 Å². The number of hydrogen-bond donors (Lipinski definition) is 4. The van der Waals surface area contributed by atoms with Crippen molar-refractivity contribution in [2.24, 2.45) is 0 Å². The van der Waals surface area contributed by atoms with Crippen LogP contribution in [0.3, 0.4) is 0 Å². The molecule has 0 radical (unpaired) electrons. The maximum absolute atomic E-state index is 13.9. The molecule has 1 aliphatic rings. The molecule has 0 unspecified atom stereocenters. The van der Waals surface area contributed by atoms with Crippen molar-refractivity contribution in [2.75, 3.05) is 49.6 Å². The number of halogens is 3. The average molecular weight is 550 g/mol. The molecule has 1 aliphatic heterocycles. The van der Waals surface area contributed by atoms with Gasteiger partial charge in [-0.25, -0.2) is 9.78 Å². The molecule has 3 aromatic rings. The molecule has 2 amide bonds. The highest BCUT2D eigenvalue weighted by atomic mass is 19.4. The third-order valence-electron chi connectivity index (χ3n) is 6.60. The zero-order valence-electron chi connectivity index (χ0n) is 22.2. The number of benzene rings is 2. The Morgan fingerprint density at radius 2 is 1.75 bits per heavy atom. The van der Waals surface area contributed by atoms with Gasteiger partial charge in [-0.05, 0) is 55.4 Å². The number of aryl methyl sites for hydroxylation is 1. The van der Waals surface area contributed by atoms with E-state index >= 15 is 0 Å². The summed E-state index contributed by atoms with van der Waals surface area (Å²) in [6.45, 7) is 5.05. The van der Waals surface area contributed by atoms with Crippen LogP contribution in [0.15, 0.2) is 48.7 Å². The molecule has 208 valence electrons. The van der Waals surface area contributed by atoms with E-state index in [4.69, 9.17) is 11.1 Å². The molecule has 2 heterocycles. The molecule has 2 aromatic carbocycles. The number of nitrogens with zero attached hydrogens (tertiary/aromatic N) is 3. The van der Waals surface area contributed by atoms with Crippen molar-refractivity contribution >= 4 is 29.4 Å². The van der Waals surface area contributed by atoms with E-state index in [1.54, 1.807) is 24.3 Å². The first-order chi connectivity index (χ1) is 19.0. The predicted octanol–water partition coefficient (Wildman–Crippen LogP) is 4.78. The van der Waals surface area contributed by atoms with E-state index in [1.807, 2.05) is 18.9 Å². The molecule has 8 nitrogen and oxygen atoms in total. The lowest BCUT2D eigenvalue weighted by Crippen LogP contribution is -2.44. The topological polar surface area (TPSA) is 110 Å². The van der Waals surface area contributed by atoms with Crippen molar-refractivity contribution in [3.63, 3.8) is 0 Å². The van der Waals surface area contributed by atoms with Crippen molar-refractivity contribution in [1.29, 1.82) is 5.41 Å². The maximum Gasteiger partial charge on any atom is 0.416 e. The molecular formula is C29H30F3N7O. The highest BCUT2D eigenvalue weighted by molar-refractivity contribution is 6.00. The summed E-state index contributed by atoms with van der Waals surface area (Å²) in [7, 11) is 1.99. The van der Waals surface area contributed by atoms with Gasteiger partial charge >= 0.3 is 12.2 Å². The summed E-state index contributed by atoms with van der Waals surface area (Å²) < 4.78 is 41.6. The SMILES string of the molecule is Cc1ccc(NC(=O)Nc2ccc(CN3CCN(C)CC3)c(C(F)(F)F)c2)cc1C#Cc1cnc(N)c(C=N)c1. The Kier molecular flexibility index (Phi) is 8.72. The Hall–Kier alpha value is -4.40. The van der Waals surface area contributed by atoms with Crippen LogP contribution >= 0.6 is 0 Å². The number of carbonyl (C=O) groups excluding carboxylic acids is 1. The summed E-state index contributed by atoms with van der Waals surface area (Å²) in [5, 5.41) is 12.6. The van der Waals surface area contributed by atoms with E-state index in [0.717, 1.165) is 30.9 Å². The Balaban J connectivity index is 1.46. The number of nitrogens with two attached hydrogens (primary N) is 1. The molecular weight excluding hydrogens is 519 g/mol. The van der Waals surface area contributed by atoms with Crippen LogP contribution in [-0.4, -0.2) is 60.3 Å². The first kappa shape index (κ1) is 28.6. The minimum Gasteiger partial charge on any atom is -0.383 e. The van der Waals surface area contributed by atoms with Crippen LogP contribution < -0.4 is 16.4 Å². The lowest BCUT2D eigenvalue weighted by atomic mass is 10.0. The van der Waals surface area contributed by atoms with Gasteiger partial charge in [0.15, 0.2) is 0 Å². The van der Waals surface area contributed by atoms with Crippen LogP contribution in [0.25, 0.3) is 0 Å². The first-order valence-electron chi connectivity index (χ1n) is 12.6. The highest BCUT2D eigenvalue weighted by Gasteiger charge is 2.34. The number of likely N-dealkylation sites (N-methyl/N-ethyl adjacent to an activating group) is 1. The van der Waals surface area contributed by atoms with E-state index < -0.39 is 17.8 Å². The van der Waals surface area contributed by atoms with Gasteiger partial charge in [-0.3, -0.25) is 4.90 Å². The second-order valence-electron chi connectivity index (χ2n) is 9.65. The van der Waals surface area contributed by atoms with Crippen LogP contribution in [0.2, 0.25) is 0 Å². The number of aromatic nitrogens is 1. The van der Waals surface area contributed by atoms with Gasteiger partial charge in [-0.2, -0.15) is 13.2 Å². The van der Waals surface area contributed by atoms with E-state index in [9.17, 15) is 18.0 Å². The van der Waals surface area contributed by atoms with Crippen molar-refractivity contribution in [1.82, 2.24) is 14.8 Å². The Morgan fingerprint density at radius 3 is 2.42 bits per heavy atom. The second-order valence-corrected chi connectivity index (χ2v) is 9.65. The number of anilines is 3. The molecule has 0 bridgehead atoms. The van der Waals surface area contributed by atoms with Crippen molar-refractivity contribution in [3.8, 4) is 11.8 Å². The van der Waals surface area contributed by atoms with Gasteiger partial charge in [0.1, 0.15) is 5.82 Å². The monoisotopic (exact) mass is 549 g/mol. The quantitative estimate of drug-likeness (QED) is 0.271. The summed E-state index contributed by atoms with van der Waals surface area (Å²) in [6, 6.07) is 9.98. The van der Waals surface area contributed by atoms with E-state index in [1.165, 1.54) is 18.3 Å². The first-order valence-corrected chi connectivity index (χ1v) is 12.6. The van der Waals surface area contributed by atoms with E-state index in [-0.39, 0.29) is 23.6 Å². The minimum atomic E-state index is -4.56. The number of urea groups is 1. The fraction of sp³-hybridized carbons (Fsp3) is 0.276. The fourth-order valence-corrected chi connectivity index (χ4v) is 4.25. The summed E-state index contributed by atoms with van der Waals surface area (Å²) in [5.41, 5.74) is 8.11. The molecule has 40 heavy (non-hydrogen) atoms. The number of pyridine rings is 1. The standard InChI is InChI=1S/C29H30F3N7O/c1-19-3-7-24(14-21(19)5-4-20-13-23(16-33)27(34)35-17-20)36-28(40)37-25-8-6-22(26(15-25)29(30,31)32)18-39-11-9-38(2)10-12-39/h3,6-8,13-17,33H,9-12,18H2,1-2H3,(H2,34,35)(H2,36,37,40). The van der Waals surface area contributed by atoms with Gasteiger partial charge in [0.25, 0.3) is 0 Å². The Labute approximate surface area is 230 Å². The zero-order valence-corrected chi connectivity index (χ0v) is 22.2. The minimum absolute atomic E-state index is 0.0388. The van der Waals surface area contributed by atoms with Crippen LogP contribution in [-0.2, 0) is 12.7 Å².